The van der Waals surface area contributed by atoms with Gasteiger partial charge in [0.2, 0.25) is 4.96 Å². The fourth-order valence-corrected chi connectivity index (χ4v) is 3.97. The summed E-state index contributed by atoms with van der Waals surface area (Å²) >= 11 is 1.44. The predicted molar refractivity (Wildman–Crippen MR) is 112 cm³/mol. The van der Waals surface area contributed by atoms with Crippen LogP contribution in [-0.4, -0.2) is 41.3 Å². The summed E-state index contributed by atoms with van der Waals surface area (Å²) in [7, 11) is 3.02. The summed E-state index contributed by atoms with van der Waals surface area (Å²) in [6.07, 6.45) is 0.551. The number of ether oxygens (including phenoxy) is 2. The molecule has 0 bridgehead atoms. The first kappa shape index (κ1) is 19.8. The highest BCUT2D eigenvalue weighted by Gasteiger charge is 2.18. The molecule has 154 valence electrons. The number of carbonyl (C=O) groups excluding carboxylic acids is 1. The van der Waals surface area contributed by atoms with Crippen LogP contribution in [0.25, 0.3) is 16.3 Å². The lowest BCUT2D eigenvalue weighted by Gasteiger charge is -2.12. The van der Waals surface area contributed by atoms with Crippen LogP contribution in [0.3, 0.4) is 0 Å². The van der Waals surface area contributed by atoms with Crippen LogP contribution in [0.15, 0.2) is 47.8 Å². The number of benzene rings is 2. The highest BCUT2D eigenvalue weighted by atomic mass is 32.1. The number of aromatic nitrogens is 3. The first-order valence-corrected chi connectivity index (χ1v) is 10.1. The molecule has 1 amide bonds. The van der Waals surface area contributed by atoms with Crippen molar-refractivity contribution in [3.8, 4) is 22.9 Å². The average molecular weight is 426 g/mol. The van der Waals surface area contributed by atoms with E-state index in [-0.39, 0.29) is 11.7 Å². The van der Waals surface area contributed by atoms with Crippen molar-refractivity contribution < 1.29 is 18.7 Å². The molecule has 1 N–H and O–H groups in total. The van der Waals surface area contributed by atoms with Gasteiger partial charge in [0.05, 0.1) is 19.9 Å². The monoisotopic (exact) mass is 426 g/mol. The number of carbonyl (C=O) groups is 1. The summed E-state index contributed by atoms with van der Waals surface area (Å²) in [5, 5.41) is 9.33. The standard InChI is InChI=1S/C21H19FN4O3S/c1-28-16-7-4-8-17(29-2)18(16)20(27)23-10-9-15-12-30-21-24-19(25-26(15)21)13-5-3-6-14(22)11-13/h3-8,11-12H,9-10H2,1-2H3,(H,23,27). The van der Waals surface area contributed by atoms with Gasteiger partial charge in [0.1, 0.15) is 22.9 Å². The number of nitrogens with one attached hydrogen (secondary N) is 1. The van der Waals surface area contributed by atoms with Crippen molar-refractivity contribution in [2.45, 2.75) is 6.42 Å². The van der Waals surface area contributed by atoms with Crippen LogP contribution in [0, 0.1) is 5.82 Å². The Hall–Kier alpha value is -3.46. The topological polar surface area (TPSA) is 77.8 Å². The molecule has 0 fully saturated rings. The molecule has 9 heteroatoms. The van der Waals surface area contributed by atoms with Crippen LogP contribution < -0.4 is 14.8 Å². The molecular formula is C21H19FN4O3S. The fourth-order valence-electron chi connectivity index (χ4n) is 3.11. The van der Waals surface area contributed by atoms with E-state index in [4.69, 9.17) is 9.47 Å². The Morgan fingerprint density at radius 3 is 2.60 bits per heavy atom. The molecule has 0 radical (unpaired) electrons. The van der Waals surface area contributed by atoms with E-state index in [2.05, 4.69) is 15.4 Å². The maximum Gasteiger partial charge on any atom is 0.258 e. The smallest absolute Gasteiger partial charge is 0.258 e. The molecule has 0 atom stereocenters. The molecule has 0 aliphatic carbocycles. The van der Waals surface area contributed by atoms with Crippen molar-refractivity contribution >= 4 is 22.2 Å². The Kier molecular flexibility index (Phi) is 5.62. The molecule has 30 heavy (non-hydrogen) atoms. The van der Waals surface area contributed by atoms with E-state index in [1.807, 2.05) is 5.38 Å². The number of thiazole rings is 1. The largest absolute Gasteiger partial charge is 0.496 e. The van der Waals surface area contributed by atoms with Gasteiger partial charge in [-0.05, 0) is 24.3 Å². The lowest BCUT2D eigenvalue weighted by atomic mass is 10.1. The zero-order valence-electron chi connectivity index (χ0n) is 16.4. The van der Waals surface area contributed by atoms with E-state index in [0.29, 0.717) is 46.4 Å². The molecule has 2 aromatic carbocycles. The third-order valence-corrected chi connectivity index (χ3v) is 5.42. The molecule has 7 nitrogen and oxygen atoms in total. The molecule has 4 rings (SSSR count). The average Bonchev–Trinajstić information content (AvgIpc) is 3.34. The summed E-state index contributed by atoms with van der Waals surface area (Å²) in [5.74, 6) is 0.738. The number of rotatable bonds is 7. The third kappa shape index (κ3) is 3.84. The number of methoxy groups -OCH3 is 2. The summed E-state index contributed by atoms with van der Waals surface area (Å²) < 4.78 is 25.8. The second kappa shape index (κ2) is 8.50. The van der Waals surface area contributed by atoms with E-state index in [0.717, 1.165) is 5.69 Å². The first-order valence-electron chi connectivity index (χ1n) is 9.19. The Balaban J connectivity index is 1.48. The van der Waals surface area contributed by atoms with Crippen LogP contribution in [0.1, 0.15) is 16.1 Å². The summed E-state index contributed by atoms with van der Waals surface area (Å²) in [5.41, 5.74) is 1.87. The Morgan fingerprint density at radius 1 is 1.17 bits per heavy atom. The van der Waals surface area contributed by atoms with E-state index >= 15 is 0 Å². The van der Waals surface area contributed by atoms with Crippen LogP contribution >= 0.6 is 11.3 Å². The second-order valence-electron chi connectivity index (χ2n) is 6.41. The number of hydrogen-bond acceptors (Lipinski definition) is 6. The molecule has 0 saturated heterocycles. The van der Waals surface area contributed by atoms with Crippen LogP contribution in [0.5, 0.6) is 11.5 Å². The Bertz CT molecular complexity index is 1180. The Morgan fingerprint density at radius 2 is 1.90 bits per heavy atom. The van der Waals surface area contributed by atoms with Gasteiger partial charge in [-0.25, -0.2) is 8.91 Å². The molecule has 4 aromatic rings. The normalized spacial score (nSPS) is 10.9. The lowest BCUT2D eigenvalue weighted by molar-refractivity contribution is 0.0947. The minimum Gasteiger partial charge on any atom is -0.496 e. The van der Waals surface area contributed by atoms with Crippen molar-refractivity contribution in [3.05, 3.63) is 64.9 Å². The summed E-state index contributed by atoms with van der Waals surface area (Å²) in [4.78, 5) is 17.9. The highest BCUT2D eigenvalue weighted by Crippen LogP contribution is 2.28. The maximum atomic E-state index is 13.5. The van der Waals surface area contributed by atoms with E-state index in [1.54, 1.807) is 34.8 Å². The number of hydrogen-bond donors (Lipinski definition) is 1. The third-order valence-electron chi connectivity index (χ3n) is 4.55. The van der Waals surface area contributed by atoms with Gasteiger partial charge < -0.3 is 14.8 Å². The minimum absolute atomic E-state index is 0.283. The molecule has 2 heterocycles. The molecule has 0 aliphatic rings. The highest BCUT2D eigenvalue weighted by molar-refractivity contribution is 7.15. The molecular weight excluding hydrogens is 407 g/mol. The quantitative estimate of drug-likeness (QED) is 0.489. The predicted octanol–water partition coefficient (Wildman–Crippen LogP) is 3.59. The van der Waals surface area contributed by atoms with Crippen molar-refractivity contribution in [2.24, 2.45) is 0 Å². The number of halogens is 1. The van der Waals surface area contributed by atoms with Crippen molar-refractivity contribution in [1.29, 1.82) is 0 Å². The lowest BCUT2D eigenvalue weighted by Crippen LogP contribution is -2.27. The first-order chi connectivity index (χ1) is 14.6. The van der Waals surface area contributed by atoms with Gasteiger partial charge >= 0.3 is 0 Å². The van der Waals surface area contributed by atoms with Gasteiger partial charge in [-0.2, -0.15) is 4.98 Å². The zero-order chi connectivity index (χ0) is 21.1. The van der Waals surface area contributed by atoms with E-state index < -0.39 is 0 Å². The summed E-state index contributed by atoms with van der Waals surface area (Å²) in [6.45, 7) is 0.390. The van der Waals surface area contributed by atoms with Crippen molar-refractivity contribution in [3.63, 3.8) is 0 Å². The van der Waals surface area contributed by atoms with Gasteiger partial charge in [0, 0.05) is 23.9 Å². The molecule has 0 spiro atoms. The second-order valence-corrected chi connectivity index (χ2v) is 7.25. The van der Waals surface area contributed by atoms with Crippen molar-refractivity contribution in [1.82, 2.24) is 19.9 Å². The SMILES string of the molecule is COc1cccc(OC)c1C(=O)NCCc1csc2nc(-c3cccc(F)c3)nn12. The number of fused-ring (bicyclic) bond motifs is 1. The van der Waals surface area contributed by atoms with Crippen LogP contribution in [0.2, 0.25) is 0 Å². The molecule has 0 aliphatic heterocycles. The maximum absolute atomic E-state index is 13.5. The van der Waals surface area contributed by atoms with Gasteiger partial charge in [0.25, 0.3) is 5.91 Å². The van der Waals surface area contributed by atoms with Gasteiger partial charge in [0.15, 0.2) is 5.82 Å². The van der Waals surface area contributed by atoms with Gasteiger partial charge in [-0.3, -0.25) is 4.79 Å². The zero-order valence-corrected chi connectivity index (χ0v) is 17.2. The summed E-state index contributed by atoms with van der Waals surface area (Å²) in [6, 6.07) is 11.4. The number of amides is 1. The van der Waals surface area contributed by atoms with Crippen LogP contribution in [0.4, 0.5) is 4.39 Å². The Labute approximate surface area is 176 Å². The van der Waals surface area contributed by atoms with Gasteiger partial charge in [-0.1, -0.05) is 18.2 Å². The van der Waals surface area contributed by atoms with E-state index in [9.17, 15) is 9.18 Å². The molecule has 0 unspecified atom stereocenters. The van der Waals surface area contributed by atoms with Crippen LogP contribution in [-0.2, 0) is 6.42 Å². The minimum atomic E-state index is -0.333. The number of nitrogens with zero attached hydrogens (tertiary/aromatic N) is 3. The van der Waals surface area contributed by atoms with Gasteiger partial charge in [-0.15, -0.1) is 16.4 Å². The fraction of sp³-hybridized carbons (Fsp3) is 0.190. The van der Waals surface area contributed by atoms with E-state index in [1.165, 1.54) is 37.7 Å². The van der Waals surface area contributed by atoms with Crippen molar-refractivity contribution in [2.75, 3.05) is 20.8 Å². The molecule has 2 aromatic heterocycles. The molecule has 0 saturated carbocycles.